The molecule has 0 N–H and O–H groups in total. The molecule has 2 unspecified atom stereocenters. The van der Waals surface area contributed by atoms with Gasteiger partial charge >= 0.3 is 13.5 Å². The second kappa shape index (κ2) is 11.4. The van der Waals surface area contributed by atoms with Gasteiger partial charge in [-0.05, 0) is 58.2 Å². The Balaban J connectivity index is 1.39. The van der Waals surface area contributed by atoms with Crippen LogP contribution in [0.1, 0.15) is 50.0 Å². The first-order valence-electron chi connectivity index (χ1n) is 12.9. The maximum absolute atomic E-state index is 15.2. The van der Waals surface area contributed by atoms with Crippen LogP contribution in [0.4, 0.5) is 17.6 Å². The summed E-state index contributed by atoms with van der Waals surface area (Å²) in [6, 6.07) is 6.37. The second-order valence-electron chi connectivity index (χ2n) is 10.8. The number of aromatic nitrogens is 1. The summed E-state index contributed by atoms with van der Waals surface area (Å²) >= 11 is 0. The number of pyridine rings is 1. The van der Waals surface area contributed by atoms with Crippen molar-refractivity contribution in [1.82, 2.24) is 9.88 Å². The summed E-state index contributed by atoms with van der Waals surface area (Å²) in [7, 11) is -0.797. The van der Waals surface area contributed by atoms with Crippen molar-refractivity contribution in [3.05, 3.63) is 47.7 Å². The minimum absolute atomic E-state index is 0.0316. The zero-order valence-electron chi connectivity index (χ0n) is 23.0. The smallest absolute Gasteiger partial charge is 0.471 e. The van der Waals surface area contributed by atoms with Gasteiger partial charge in [-0.1, -0.05) is 12.1 Å². The van der Waals surface area contributed by atoms with Crippen LogP contribution >= 0.6 is 0 Å². The molecule has 2 fully saturated rings. The molecular formula is C27H30BF4N3O6. The molecule has 9 nitrogen and oxygen atoms in total. The molecule has 2 aromatic rings. The zero-order valence-corrected chi connectivity index (χ0v) is 23.0. The molecule has 1 aromatic heterocycles. The van der Waals surface area contributed by atoms with Crippen molar-refractivity contribution in [2.75, 3.05) is 13.1 Å². The van der Waals surface area contributed by atoms with Gasteiger partial charge in [0, 0.05) is 24.6 Å². The number of ether oxygens (including phenoxy) is 2. The molecule has 3 heterocycles. The lowest BCUT2D eigenvalue weighted by Gasteiger charge is -2.34. The van der Waals surface area contributed by atoms with Crippen molar-refractivity contribution in [2.24, 2.45) is 4.99 Å². The standard InChI is InChI=1S/C27H30BF4N3O6/c1-25(2)26(3,4)41-28(40-25)17-13-19(23(37)33-5)24(34-14-17)38-21-10-11-35(15-20(21)29)22(36)12-16-6-8-18(9-7-16)39-27(30,31)32/h6-9,13-14,20-21H,5,10-12,15H2,1-4H3. The minimum atomic E-state index is -4.82. The van der Waals surface area contributed by atoms with Crippen molar-refractivity contribution in [3.63, 3.8) is 0 Å². The number of likely N-dealkylation sites (tertiary alicyclic amines) is 1. The van der Waals surface area contributed by atoms with Gasteiger partial charge in [-0.2, -0.15) is 0 Å². The summed E-state index contributed by atoms with van der Waals surface area (Å²) in [5.74, 6) is -1.65. The monoisotopic (exact) mass is 579 g/mol. The van der Waals surface area contributed by atoms with E-state index in [4.69, 9.17) is 14.0 Å². The fourth-order valence-corrected chi connectivity index (χ4v) is 4.39. The van der Waals surface area contributed by atoms with E-state index < -0.39 is 54.5 Å². The van der Waals surface area contributed by atoms with E-state index in [0.717, 1.165) is 12.1 Å². The van der Waals surface area contributed by atoms with Crippen LogP contribution in [0.25, 0.3) is 0 Å². The van der Waals surface area contributed by atoms with Crippen molar-refractivity contribution in [3.8, 4) is 11.6 Å². The fraction of sp³-hybridized carbons (Fsp3) is 0.481. The van der Waals surface area contributed by atoms with Crippen molar-refractivity contribution >= 4 is 31.1 Å². The van der Waals surface area contributed by atoms with E-state index >= 15 is 4.39 Å². The highest BCUT2D eigenvalue weighted by molar-refractivity contribution is 6.62. The third-order valence-electron chi connectivity index (χ3n) is 7.38. The Morgan fingerprint density at radius 3 is 2.37 bits per heavy atom. The van der Waals surface area contributed by atoms with Crippen molar-refractivity contribution in [2.45, 2.75) is 70.4 Å². The average Bonchev–Trinajstić information content (AvgIpc) is 3.11. The molecule has 220 valence electrons. The Bertz CT molecular complexity index is 1290. The van der Waals surface area contributed by atoms with Crippen LogP contribution in [0.3, 0.4) is 0 Å². The maximum Gasteiger partial charge on any atom is 0.573 e. The molecule has 2 saturated heterocycles. The first-order chi connectivity index (χ1) is 19.1. The van der Waals surface area contributed by atoms with E-state index in [1.54, 1.807) is 0 Å². The van der Waals surface area contributed by atoms with E-state index in [0.29, 0.717) is 11.0 Å². The Morgan fingerprint density at radius 1 is 1.17 bits per heavy atom. The molecule has 2 amide bonds. The van der Waals surface area contributed by atoms with Gasteiger partial charge < -0.3 is 23.7 Å². The van der Waals surface area contributed by atoms with E-state index in [-0.39, 0.29) is 37.4 Å². The molecular weight excluding hydrogens is 549 g/mol. The number of benzene rings is 1. The summed E-state index contributed by atoms with van der Waals surface area (Å²) in [6.45, 7) is 10.7. The molecule has 14 heteroatoms. The molecule has 1 aromatic carbocycles. The number of aliphatic imine (C=N–C) groups is 1. The molecule has 2 atom stereocenters. The number of alkyl halides is 4. The number of carbonyl (C=O) groups is 2. The van der Waals surface area contributed by atoms with Gasteiger partial charge in [-0.15, -0.1) is 13.2 Å². The lowest BCUT2D eigenvalue weighted by atomic mass is 9.79. The van der Waals surface area contributed by atoms with Gasteiger partial charge in [0.1, 0.15) is 17.4 Å². The van der Waals surface area contributed by atoms with Gasteiger partial charge in [0.2, 0.25) is 11.8 Å². The molecule has 0 aliphatic carbocycles. The number of carbonyl (C=O) groups excluding carboxylic acids is 2. The van der Waals surface area contributed by atoms with Gasteiger partial charge in [0.15, 0.2) is 6.17 Å². The summed E-state index contributed by atoms with van der Waals surface area (Å²) in [6.07, 6.45) is -6.00. The highest BCUT2D eigenvalue weighted by Crippen LogP contribution is 2.36. The number of hydrogen-bond donors (Lipinski definition) is 0. The minimum Gasteiger partial charge on any atom is -0.471 e. The number of amides is 2. The molecule has 4 rings (SSSR count). The molecule has 0 bridgehead atoms. The van der Waals surface area contributed by atoms with Crippen LogP contribution < -0.4 is 14.9 Å². The molecule has 0 spiro atoms. The van der Waals surface area contributed by atoms with Gasteiger partial charge in [0.05, 0.1) is 24.2 Å². The Kier molecular flexibility index (Phi) is 8.46. The quantitative estimate of drug-likeness (QED) is 0.281. The Hall–Kier alpha value is -3.52. The zero-order chi connectivity index (χ0) is 30.2. The number of halogens is 4. The summed E-state index contributed by atoms with van der Waals surface area (Å²) in [4.78, 5) is 34.3. The molecule has 41 heavy (non-hydrogen) atoms. The molecule has 2 aliphatic rings. The maximum atomic E-state index is 15.2. The number of rotatable bonds is 7. The summed E-state index contributed by atoms with van der Waals surface area (Å²) in [5.41, 5.74) is -0.365. The van der Waals surface area contributed by atoms with Gasteiger partial charge in [0.25, 0.3) is 5.91 Å². The Morgan fingerprint density at radius 2 is 1.80 bits per heavy atom. The van der Waals surface area contributed by atoms with Crippen LogP contribution in [0.2, 0.25) is 0 Å². The molecule has 0 saturated carbocycles. The van der Waals surface area contributed by atoms with E-state index in [9.17, 15) is 22.8 Å². The topological polar surface area (TPSA) is 99.5 Å². The highest BCUT2D eigenvalue weighted by atomic mass is 19.4. The lowest BCUT2D eigenvalue weighted by Crippen LogP contribution is -2.49. The average molecular weight is 579 g/mol. The highest BCUT2D eigenvalue weighted by Gasteiger charge is 2.52. The van der Waals surface area contributed by atoms with E-state index in [2.05, 4.69) is 21.4 Å². The van der Waals surface area contributed by atoms with Crippen LogP contribution in [0, 0.1) is 0 Å². The van der Waals surface area contributed by atoms with Crippen molar-refractivity contribution < 1.29 is 45.9 Å². The Labute approximate surface area is 235 Å². The van der Waals surface area contributed by atoms with Gasteiger partial charge in [-0.25, -0.2) is 14.4 Å². The first kappa shape index (κ1) is 30.4. The number of piperidine rings is 1. The van der Waals surface area contributed by atoms with E-state index in [1.807, 2.05) is 27.7 Å². The first-order valence-corrected chi connectivity index (χ1v) is 12.9. The van der Waals surface area contributed by atoms with E-state index in [1.165, 1.54) is 29.3 Å². The third-order valence-corrected chi connectivity index (χ3v) is 7.38. The summed E-state index contributed by atoms with van der Waals surface area (Å²) in [5, 5.41) is 0. The predicted octanol–water partition coefficient (Wildman–Crippen LogP) is 3.68. The third kappa shape index (κ3) is 7.04. The fourth-order valence-electron chi connectivity index (χ4n) is 4.39. The largest absolute Gasteiger partial charge is 0.573 e. The van der Waals surface area contributed by atoms with Crippen LogP contribution in [-0.4, -0.2) is 78.5 Å². The number of nitrogens with zero attached hydrogens (tertiary/aromatic N) is 3. The lowest BCUT2D eigenvalue weighted by molar-refractivity contribution is -0.274. The SMILES string of the molecule is C=NC(=O)c1cc(B2OC(C)(C)C(C)(C)O2)cnc1OC1CCN(C(=O)Cc2ccc(OC(F)(F)F)cc2)CC1F. The predicted molar refractivity (Wildman–Crippen MR) is 141 cm³/mol. The molecule has 2 aliphatic heterocycles. The van der Waals surface area contributed by atoms with Crippen LogP contribution in [0.5, 0.6) is 11.6 Å². The van der Waals surface area contributed by atoms with Crippen molar-refractivity contribution in [1.29, 1.82) is 0 Å². The van der Waals surface area contributed by atoms with Crippen LogP contribution in [0.15, 0.2) is 41.5 Å². The second-order valence-corrected chi connectivity index (χ2v) is 10.8. The van der Waals surface area contributed by atoms with Crippen LogP contribution in [-0.2, 0) is 20.5 Å². The van der Waals surface area contributed by atoms with Gasteiger partial charge in [-0.3, -0.25) is 9.59 Å². The normalized spacial score (nSPS) is 21.9. The summed E-state index contributed by atoms with van der Waals surface area (Å²) < 4.78 is 73.9. The number of hydrogen-bond acceptors (Lipinski definition) is 7. The molecule has 0 radical (unpaired) electrons.